The molecule has 0 radical (unpaired) electrons. The number of hydrogen-bond donors (Lipinski definition) is 4. The van der Waals surface area contributed by atoms with Crippen LogP contribution in [0.2, 0.25) is 0 Å². The number of rotatable bonds is 5. The summed E-state index contributed by atoms with van der Waals surface area (Å²) in [6.45, 7) is 0.499. The van der Waals surface area contributed by atoms with Crippen LogP contribution in [-0.2, 0) is 4.79 Å². The fourth-order valence-corrected chi connectivity index (χ4v) is 1.11. The number of nitrogens with zero attached hydrogens (tertiary/aromatic N) is 2. The van der Waals surface area contributed by atoms with Crippen molar-refractivity contribution in [2.45, 2.75) is 6.42 Å². The second-order valence-electron chi connectivity index (χ2n) is 3.10. The molecule has 0 atom stereocenters. The third-order valence-electron chi connectivity index (χ3n) is 1.94. The van der Waals surface area contributed by atoms with Gasteiger partial charge < -0.3 is 21.7 Å². The van der Waals surface area contributed by atoms with Crippen LogP contribution in [0.3, 0.4) is 0 Å². The van der Waals surface area contributed by atoms with E-state index in [2.05, 4.69) is 25.9 Å². The molecule has 7 heteroatoms. The highest BCUT2D eigenvalue weighted by Crippen LogP contribution is 2.11. The first-order chi connectivity index (χ1) is 7.65. The Morgan fingerprint density at radius 3 is 2.69 bits per heavy atom. The maximum Gasteiger partial charge on any atom is 0.223 e. The Hall–Kier alpha value is -2.05. The quantitative estimate of drug-likeness (QED) is 0.545. The summed E-state index contributed by atoms with van der Waals surface area (Å²) in [7, 11) is 3.35. The van der Waals surface area contributed by atoms with Crippen LogP contribution in [0.15, 0.2) is 6.07 Å². The minimum atomic E-state index is -0.0247. The van der Waals surface area contributed by atoms with Gasteiger partial charge in [-0.25, -0.2) is 0 Å². The molecule has 1 amide bonds. The number of nitrogen functional groups attached to an aromatic ring is 1. The monoisotopic (exact) mass is 224 g/mol. The van der Waals surface area contributed by atoms with Crippen molar-refractivity contribution in [2.24, 2.45) is 0 Å². The number of nitrogens with one attached hydrogen (secondary N) is 3. The van der Waals surface area contributed by atoms with E-state index < -0.39 is 0 Å². The van der Waals surface area contributed by atoms with Gasteiger partial charge in [-0.05, 0) is 0 Å². The molecule has 16 heavy (non-hydrogen) atoms. The molecule has 0 unspecified atom stereocenters. The summed E-state index contributed by atoms with van der Waals surface area (Å²) in [5.41, 5.74) is 5.51. The molecular formula is C9H16N6O. The molecule has 1 aromatic heterocycles. The Morgan fingerprint density at radius 1 is 1.38 bits per heavy atom. The van der Waals surface area contributed by atoms with Crippen molar-refractivity contribution in [1.29, 1.82) is 0 Å². The zero-order valence-corrected chi connectivity index (χ0v) is 9.37. The maximum atomic E-state index is 11.0. The number of hydrogen-bond acceptors (Lipinski definition) is 6. The third kappa shape index (κ3) is 3.60. The Bertz CT molecular complexity index is 367. The molecule has 0 bridgehead atoms. The SMILES string of the molecule is CNC(=O)CCNc1cc(NC)nc(N)n1. The van der Waals surface area contributed by atoms with Gasteiger partial charge in [-0.3, -0.25) is 4.79 Å². The molecule has 0 saturated carbocycles. The predicted octanol–water partition coefficient (Wildman–Crippen LogP) is -0.351. The summed E-state index contributed by atoms with van der Waals surface area (Å²) in [4.78, 5) is 18.9. The smallest absolute Gasteiger partial charge is 0.223 e. The van der Waals surface area contributed by atoms with Crippen LogP contribution in [0.25, 0.3) is 0 Å². The first-order valence-corrected chi connectivity index (χ1v) is 4.92. The van der Waals surface area contributed by atoms with Gasteiger partial charge in [-0.15, -0.1) is 0 Å². The highest BCUT2D eigenvalue weighted by molar-refractivity contribution is 5.76. The summed E-state index contributed by atoms with van der Waals surface area (Å²) in [5, 5.41) is 8.40. The molecule has 88 valence electrons. The van der Waals surface area contributed by atoms with E-state index >= 15 is 0 Å². The molecule has 0 aliphatic rings. The van der Waals surface area contributed by atoms with E-state index in [1.54, 1.807) is 20.2 Å². The van der Waals surface area contributed by atoms with E-state index in [1.165, 1.54) is 0 Å². The van der Waals surface area contributed by atoms with Crippen LogP contribution in [0.5, 0.6) is 0 Å². The van der Waals surface area contributed by atoms with E-state index in [0.29, 0.717) is 24.6 Å². The van der Waals surface area contributed by atoms with Crippen molar-refractivity contribution >= 4 is 23.5 Å². The Morgan fingerprint density at radius 2 is 2.06 bits per heavy atom. The number of amides is 1. The van der Waals surface area contributed by atoms with Crippen LogP contribution in [0, 0.1) is 0 Å². The van der Waals surface area contributed by atoms with Crippen molar-refractivity contribution in [3.05, 3.63) is 6.07 Å². The lowest BCUT2D eigenvalue weighted by Crippen LogP contribution is -2.21. The van der Waals surface area contributed by atoms with Gasteiger partial charge in [0.25, 0.3) is 0 Å². The molecule has 1 heterocycles. The zero-order chi connectivity index (χ0) is 12.0. The predicted molar refractivity (Wildman–Crippen MR) is 63.2 cm³/mol. The Balaban J connectivity index is 2.53. The molecule has 0 spiro atoms. The van der Waals surface area contributed by atoms with Crippen LogP contribution in [-0.4, -0.2) is 36.5 Å². The summed E-state index contributed by atoms with van der Waals surface area (Å²) in [5.74, 6) is 1.40. The molecule has 0 aliphatic carbocycles. The molecule has 0 saturated heterocycles. The summed E-state index contributed by atoms with van der Waals surface area (Å²) in [6.07, 6.45) is 0.384. The Kier molecular flexibility index (Phi) is 4.31. The fourth-order valence-electron chi connectivity index (χ4n) is 1.11. The van der Waals surface area contributed by atoms with Crippen LogP contribution in [0.4, 0.5) is 17.6 Å². The van der Waals surface area contributed by atoms with E-state index in [-0.39, 0.29) is 11.9 Å². The topological polar surface area (TPSA) is 105 Å². The molecule has 1 rings (SSSR count). The van der Waals surface area contributed by atoms with Gasteiger partial charge in [0.1, 0.15) is 11.6 Å². The van der Waals surface area contributed by atoms with Crippen LogP contribution < -0.4 is 21.7 Å². The van der Waals surface area contributed by atoms with Crippen molar-refractivity contribution in [3.8, 4) is 0 Å². The van der Waals surface area contributed by atoms with Gasteiger partial charge in [-0.1, -0.05) is 0 Å². The highest BCUT2D eigenvalue weighted by atomic mass is 16.1. The largest absolute Gasteiger partial charge is 0.373 e. The number of carbonyl (C=O) groups is 1. The van der Waals surface area contributed by atoms with Crippen molar-refractivity contribution < 1.29 is 4.79 Å². The summed E-state index contributed by atoms with van der Waals surface area (Å²) >= 11 is 0. The first-order valence-electron chi connectivity index (χ1n) is 4.92. The normalized spacial score (nSPS) is 9.62. The lowest BCUT2D eigenvalue weighted by Gasteiger charge is -2.07. The molecule has 7 nitrogen and oxygen atoms in total. The van der Waals surface area contributed by atoms with Crippen molar-refractivity contribution in [1.82, 2.24) is 15.3 Å². The van der Waals surface area contributed by atoms with Gasteiger partial charge in [0.2, 0.25) is 11.9 Å². The third-order valence-corrected chi connectivity index (χ3v) is 1.94. The molecule has 1 aromatic rings. The van der Waals surface area contributed by atoms with Crippen LogP contribution >= 0.6 is 0 Å². The summed E-state index contributed by atoms with van der Waals surface area (Å²) < 4.78 is 0. The van der Waals surface area contributed by atoms with Crippen molar-refractivity contribution in [2.75, 3.05) is 37.0 Å². The number of carbonyl (C=O) groups excluding carboxylic acids is 1. The molecule has 0 aromatic carbocycles. The lowest BCUT2D eigenvalue weighted by atomic mass is 10.4. The molecule has 5 N–H and O–H groups in total. The molecule has 0 fully saturated rings. The lowest BCUT2D eigenvalue weighted by molar-refractivity contribution is -0.120. The van der Waals surface area contributed by atoms with E-state index in [4.69, 9.17) is 5.73 Å². The standard InChI is InChI=1S/C9H16N6O/c1-11-6-5-7(15-9(10)14-6)13-4-3-8(16)12-2/h5H,3-4H2,1-2H3,(H,12,16)(H4,10,11,13,14,15). The number of nitrogens with two attached hydrogens (primary N) is 1. The van der Waals surface area contributed by atoms with E-state index in [1.807, 2.05) is 0 Å². The van der Waals surface area contributed by atoms with Gasteiger partial charge in [-0.2, -0.15) is 9.97 Å². The minimum absolute atomic E-state index is 0.0247. The number of anilines is 3. The maximum absolute atomic E-state index is 11.0. The average Bonchev–Trinajstić information content (AvgIpc) is 2.28. The highest BCUT2D eigenvalue weighted by Gasteiger charge is 2.01. The molecular weight excluding hydrogens is 208 g/mol. The molecule has 0 aliphatic heterocycles. The minimum Gasteiger partial charge on any atom is -0.373 e. The van der Waals surface area contributed by atoms with Gasteiger partial charge in [0.15, 0.2) is 0 Å². The van der Waals surface area contributed by atoms with Gasteiger partial charge >= 0.3 is 0 Å². The summed E-state index contributed by atoms with van der Waals surface area (Å²) in [6, 6.07) is 1.72. The first kappa shape index (κ1) is 12.0. The van der Waals surface area contributed by atoms with Gasteiger partial charge in [0, 0.05) is 33.1 Å². The Labute approximate surface area is 93.8 Å². The second-order valence-corrected chi connectivity index (χ2v) is 3.10. The van der Waals surface area contributed by atoms with Crippen LogP contribution in [0.1, 0.15) is 6.42 Å². The number of aromatic nitrogens is 2. The second kappa shape index (κ2) is 5.74. The zero-order valence-electron chi connectivity index (χ0n) is 9.37. The van der Waals surface area contributed by atoms with E-state index in [9.17, 15) is 4.79 Å². The average molecular weight is 224 g/mol. The van der Waals surface area contributed by atoms with E-state index in [0.717, 1.165) is 0 Å². The van der Waals surface area contributed by atoms with Gasteiger partial charge in [0.05, 0.1) is 0 Å². The van der Waals surface area contributed by atoms with Crippen molar-refractivity contribution in [3.63, 3.8) is 0 Å². The fraction of sp³-hybridized carbons (Fsp3) is 0.444.